The summed E-state index contributed by atoms with van der Waals surface area (Å²) in [5, 5.41) is 25.3. The number of carboxylic acid groups (broad SMARTS) is 1. The van der Waals surface area contributed by atoms with Crippen molar-refractivity contribution in [3.63, 3.8) is 0 Å². The molecule has 16 heteroatoms. The van der Waals surface area contributed by atoms with Gasteiger partial charge in [0.2, 0.25) is 0 Å². The monoisotopic (exact) mass is 578 g/mol. The number of thioether (sulfide) groups is 1. The summed E-state index contributed by atoms with van der Waals surface area (Å²) in [6.45, 7) is 0.0957. The topological polar surface area (TPSA) is 176 Å². The molecule has 0 aromatic carbocycles. The fourth-order valence-electron chi connectivity index (χ4n) is 4.35. The number of oxime groups is 1. The quantitative estimate of drug-likeness (QED) is 0.126. The lowest BCUT2D eigenvalue weighted by molar-refractivity contribution is -0.688. The zero-order chi connectivity index (χ0) is 27.1. The maximum Gasteiger partial charge on any atom is 0.352 e. The number of aliphatic carboxylic acids is 1. The van der Waals surface area contributed by atoms with Crippen LogP contribution in [0, 0.1) is 0 Å². The predicted octanol–water partition coefficient (Wildman–Crippen LogP) is 0.201. The van der Waals surface area contributed by atoms with Crippen LogP contribution in [0.1, 0.15) is 11.3 Å². The molecule has 3 aromatic heterocycles. The molecule has 0 unspecified atom stereocenters. The second kappa shape index (κ2) is 10.2. The average molecular weight is 579 g/mol. The van der Waals surface area contributed by atoms with Gasteiger partial charge in [-0.05, 0) is 6.07 Å². The van der Waals surface area contributed by atoms with E-state index in [1.165, 1.54) is 23.8 Å². The first-order chi connectivity index (χ1) is 18.2. The van der Waals surface area contributed by atoms with Gasteiger partial charge in [0.15, 0.2) is 29.8 Å². The van der Waals surface area contributed by atoms with E-state index in [2.05, 4.69) is 15.5 Å². The molecule has 1 saturated heterocycles. The van der Waals surface area contributed by atoms with Gasteiger partial charge in [-0.15, -0.1) is 11.8 Å². The molecule has 0 radical (unpaired) electrons. The summed E-state index contributed by atoms with van der Waals surface area (Å²) in [5.41, 5.74) is 7.37. The highest BCUT2D eigenvalue weighted by atomic mass is 35.5. The number of fused-ring (bicyclic) bond motifs is 2. The van der Waals surface area contributed by atoms with Crippen LogP contribution in [0.15, 0.2) is 47.3 Å². The Bertz CT molecular complexity index is 1530. The van der Waals surface area contributed by atoms with Crippen LogP contribution in [0.4, 0.5) is 5.13 Å². The van der Waals surface area contributed by atoms with Crippen LogP contribution >= 0.6 is 34.7 Å². The smallest absolute Gasteiger partial charge is 0.352 e. The number of hydrogen-bond acceptors (Lipinski definition) is 10. The van der Waals surface area contributed by atoms with E-state index in [0.717, 1.165) is 22.4 Å². The molecule has 5 rings (SSSR count). The Hall–Kier alpha value is -3.66. The Morgan fingerprint density at radius 2 is 2.21 bits per heavy atom. The number of aromatic nitrogens is 3. The van der Waals surface area contributed by atoms with E-state index in [4.69, 9.17) is 22.2 Å². The minimum absolute atomic E-state index is 0.0168. The summed E-state index contributed by atoms with van der Waals surface area (Å²) >= 11 is 8.41. The van der Waals surface area contributed by atoms with Crippen molar-refractivity contribution in [2.24, 2.45) is 5.16 Å². The van der Waals surface area contributed by atoms with Gasteiger partial charge in [-0.2, -0.15) is 4.57 Å². The van der Waals surface area contributed by atoms with E-state index >= 15 is 0 Å². The third kappa shape index (κ3) is 4.47. The first-order valence-corrected chi connectivity index (χ1v) is 13.3. The van der Waals surface area contributed by atoms with Crippen LogP contribution in [0.2, 0.25) is 4.34 Å². The average Bonchev–Trinajstić information content (AvgIpc) is 3.46. The number of aliphatic hydroxyl groups excluding tert-OH is 1. The minimum Gasteiger partial charge on any atom is -0.477 e. The summed E-state index contributed by atoms with van der Waals surface area (Å²) in [7, 11) is 1.24. The number of hydrogen-bond donors (Lipinski definition) is 4. The highest BCUT2D eigenvalue weighted by Crippen LogP contribution is 2.40. The minimum atomic E-state index is -1.24. The lowest BCUT2D eigenvalue weighted by Crippen LogP contribution is -2.71. The lowest BCUT2D eigenvalue weighted by atomic mass is 10.0. The number of carbonyl (C=O) groups excluding carboxylic acids is 2. The van der Waals surface area contributed by atoms with Gasteiger partial charge in [0.05, 0.1) is 12.8 Å². The predicted molar refractivity (Wildman–Crippen MR) is 138 cm³/mol. The van der Waals surface area contributed by atoms with Gasteiger partial charge in [-0.1, -0.05) is 28.1 Å². The van der Waals surface area contributed by atoms with E-state index in [-0.39, 0.29) is 39.7 Å². The number of carbonyl (C=O) groups is 3. The number of β-lactam (4-membered cyclic amide) rings is 1. The molecule has 198 valence electrons. The van der Waals surface area contributed by atoms with Crippen LogP contribution < -0.4 is 15.6 Å². The zero-order valence-electron chi connectivity index (χ0n) is 19.7. The molecular weight excluding hydrogens is 558 g/mol. The molecule has 3 aromatic rings. The summed E-state index contributed by atoms with van der Waals surface area (Å²) < 4.78 is 3.78. The maximum absolute atomic E-state index is 13.1. The third-order valence-electron chi connectivity index (χ3n) is 6.05. The molecule has 0 bridgehead atoms. The number of nitrogens with two attached hydrogens (primary N) is 1. The molecule has 5 N–H and O–H groups in total. The molecule has 2 aliphatic heterocycles. The number of halogens is 1. The van der Waals surface area contributed by atoms with Crippen molar-refractivity contribution < 1.29 is 34.0 Å². The molecule has 0 saturated carbocycles. The number of amides is 2. The lowest BCUT2D eigenvalue weighted by Gasteiger charge is -2.49. The van der Waals surface area contributed by atoms with Crippen LogP contribution in [-0.2, 0) is 32.4 Å². The van der Waals surface area contributed by atoms with Crippen molar-refractivity contribution in [3.05, 3.63) is 57.7 Å². The molecule has 2 aliphatic rings. The maximum atomic E-state index is 13.1. The molecule has 0 aliphatic carbocycles. The van der Waals surface area contributed by atoms with Gasteiger partial charge in [0.1, 0.15) is 39.8 Å². The summed E-state index contributed by atoms with van der Waals surface area (Å²) in [6.07, 6.45) is 7.21. The van der Waals surface area contributed by atoms with Crippen molar-refractivity contribution in [3.8, 4) is 0 Å². The number of nitrogen functional groups attached to an aromatic ring is 1. The van der Waals surface area contributed by atoms with Gasteiger partial charge in [-0.25, -0.2) is 9.78 Å². The van der Waals surface area contributed by atoms with Gasteiger partial charge in [0.25, 0.3) is 11.8 Å². The normalized spacial score (nSPS) is 19.4. The van der Waals surface area contributed by atoms with Crippen molar-refractivity contribution in [2.75, 3.05) is 18.6 Å². The second-order valence-corrected chi connectivity index (χ2v) is 11.0. The third-order valence-corrected chi connectivity index (χ3v) is 8.48. The van der Waals surface area contributed by atoms with Crippen molar-refractivity contribution >= 4 is 68.8 Å². The Balaban J connectivity index is 1.37. The van der Waals surface area contributed by atoms with E-state index in [0.29, 0.717) is 11.3 Å². The fraction of sp³-hybridized carbons (Fsp3) is 0.273. The molecular formula is C22H21ClN7O6S2+. The van der Waals surface area contributed by atoms with E-state index in [1.54, 1.807) is 23.0 Å². The molecule has 2 atom stereocenters. The number of carboxylic acids is 1. The Morgan fingerprint density at radius 1 is 1.42 bits per heavy atom. The summed E-state index contributed by atoms with van der Waals surface area (Å²) in [6, 6.07) is 0.813. The first-order valence-electron chi connectivity index (χ1n) is 11.1. The van der Waals surface area contributed by atoms with Crippen LogP contribution in [0.5, 0.6) is 0 Å². The van der Waals surface area contributed by atoms with Gasteiger partial charge in [0, 0.05) is 23.1 Å². The number of anilines is 1. The van der Waals surface area contributed by atoms with Crippen LogP contribution in [0.25, 0.3) is 5.52 Å². The standard InChI is InChI=1S/C22H20ClN7O6S2/c1-36-27-14(13-17(23)38-22(24)26-13)18(32)25-15-19(33)30-16(21(34)35)11(9-37-20(15)30)6-28-4-5-29-3-2-10(8-31)12(29)7-28/h2-5,7,15,20,31H,6,8-9H2,1H3,(H3-,24,25,26,32,34,35)/p+1/b27-14-/t15-,20-/m1/s1. The number of nitrogens with zero attached hydrogens (tertiary/aromatic N) is 5. The van der Waals surface area contributed by atoms with E-state index < -0.39 is 29.2 Å². The Morgan fingerprint density at radius 3 is 2.87 bits per heavy atom. The van der Waals surface area contributed by atoms with Crippen LogP contribution in [0.3, 0.4) is 0 Å². The van der Waals surface area contributed by atoms with Crippen molar-refractivity contribution in [1.29, 1.82) is 0 Å². The summed E-state index contributed by atoms with van der Waals surface area (Å²) in [4.78, 5) is 48.3. The molecule has 1 fully saturated rings. The molecule has 13 nitrogen and oxygen atoms in total. The van der Waals surface area contributed by atoms with E-state index in [9.17, 15) is 24.6 Å². The molecule has 5 heterocycles. The van der Waals surface area contributed by atoms with Crippen LogP contribution in [-0.4, -0.2) is 72.3 Å². The van der Waals surface area contributed by atoms with Gasteiger partial charge in [-0.3, -0.25) is 14.5 Å². The number of rotatable bonds is 8. The van der Waals surface area contributed by atoms with E-state index in [1.807, 2.05) is 16.8 Å². The second-order valence-electron chi connectivity index (χ2n) is 8.31. The number of nitrogens with one attached hydrogen (secondary N) is 1. The number of aliphatic hydroxyl groups is 1. The van der Waals surface area contributed by atoms with Gasteiger partial charge >= 0.3 is 5.97 Å². The summed E-state index contributed by atoms with van der Waals surface area (Å²) in [5.74, 6) is -2.25. The van der Waals surface area contributed by atoms with Crippen molar-refractivity contribution in [2.45, 2.75) is 24.6 Å². The highest BCUT2D eigenvalue weighted by molar-refractivity contribution is 8.00. The van der Waals surface area contributed by atoms with Gasteiger partial charge < -0.3 is 30.5 Å². The molecule has 0 spiro atoms. The fourth-order valence-corrected chi connectivity index (χ4v) is 6.62. The highest BCUT2D eigenvalue weighted by Gasteiger charge is 2.55. The molecule has 38 heavy (non-hydrogen) atoms. The number of thiazole rings is 1. The Kier molecular flexibility index (Phi) is 7.00. The first kappa shape index (κ1) is 26.0. The largest absolute Gasteiger partial charge is 0.477 e. The SMILES string of the molecule is CO/N=C(\C(=O)N[C@@H]1C(=O)N2C(C(=O)O)=C(C[n+]3ccn4ccc(CO)c4c3)CS[C@H]12)c1nc(N)sc1Cl. The zero-order valence-corrected chi connectivity index (χ0v) is 22.1. The molecule has 2 amide bonds. The Labute approximate surface area is 228 Å². The van der Waals surface area contributed by atoms with Crippen molar-refractivity contribution in [1.82, 2.24) is 19.6 Å².